The molecule has 1 atom stereocenters. The Morgan fingerprint density at radius 3 is 2.79 bits per heavy atom. The summed E-state index contributed by atoms with van der Waals surface area (Å²) in [6.07, 6.45) is 0.721. The summed E-state index contributed by atoms with van der Waals surface area (Å²) in [5.74, 6) is -0.323. The Bertz CT molecular complexity index is 590. The van der Waals surface area contributed by atoms with E-state index in [-0.39, 0.29) is 18.9 Å². The van der Waals surface area contributed by atoms with Gasteiger partial charge in [0.2, 0.25) is 0 Å². The van der Waals surface area contributed by atoms with Gasteiger partial charge >= 0.3 is 10.2 Å². The summed E-state index contributed by atoms with van der Waals surface area (Å²) in [7, 11) is -4.60. The first kappa shape index (κ1) is 14.3. The van der Waals surface area contributed by atoms with E-state index in [4.69, 9.17) is 11.6 Å². The highest BCUT2D eigenvalue weighted by Crippen LogP contribution is 2.21. The number of piperidine rings is 1. The van der Waals surface area contributed by atoms with Crippen LogP contribution < -0.4 is 0 Å². The molecule has 0 spiro atoms. The van der Waals surface area contributed by atoms with E-state index in [1.807, 2.05) is 0 Å². The Morgan fingerprint density at radius 2 is 2.16 bits per heavy atom. The number of amides is 1. The van der Waals surface area contributed by atoms with Gasteiger partial charge in [-0.1, -0.05) is 17.7 Å². The van der Waals surface area contributed by atoms with Crippen molar-refractivity contribution in [2.24, 2.45) is 0 Å². The van der Waals surface area contributed by atoms with Crippen LogP contribution in [0.1, 0.15) is 23.2 Å². The molecule has 7 heteroatoms. The lowest BCUT2D eigenvalue weighted by Crippen LogP contribution is -2.44. The number of rotatable bonds is 2. The summed E-state index contributed by atoms with van der Waals surface area (Å²) in [6.45, 7) is 0.321. The molecule has 0 aromatic heterocycles. The van der Waals surface area contributed by atoms with Crippen molar-refractivity contribution in [2.75, 3.05) is 13.1 Å². The zero-order chi connectivity index (χ0) is 14.0. The largest absolute Gasteiger partial charge is 0.337 e. The van der Waals surface area contributed by atoms with Crippen molar-refractivity contribution in [2.45, 2.75) is 18.1 Å². The molecule has 1 aromatic rings. The normalized spacial score (nSPS) is 20.3. The van der Waals surface area contributed by atoms with Gasteiger partial charge in [-0.2, -0.15) is 8.42 Å². The Balaban J connectivity index is 2.16. The van der Waals surface area contributed by atoms with Crippen LogP contribution in [-0.2, 0) is 10.2 Å². The van der Waals surface area contributed by atoms with Gasteiger partial charge in [0.05, 0.1) is 0 Å². The van der Waals surface area contributed by atoms with E-state index in [0.717, 1.165) is 0 Å². The van der Waals surface area contributed by atoms with Gasteiger partial charge in [0, 0.05) is 23.7 Å². The smallest absolute Gasteiger partial charge is 0.307 e. The van der Waals surface area contributed by atoms with Crippen molar-refractivity contribution in [1.29, 1.82) is 0 Å². The average molecular weight is 306 g/mol. The van der Waals surface area contributed by atoms with Crippen LogP contribution in [0.5, 0.6) is 0 Å². The number of carbonyl (C=O) groups excluding carboxylic acids is 1. The zero-order valence-electron chi connectivity index (χ0n) is 10.1. The van der Waals surface area contributed by atoms with Gasteiger partial charge in [-0.15, -0.1) is 3.89 Å². The van der Waals surface area contributed by atoms with E-state index in [1.165, 1.54) is 11.0 Å². The van der Waals surface area contributed by atoms with Gasteiger partial charge in [0.1, 0.15) is 5.25 Å². The molecule has 0 radical (unpaired) electrons. The van der Waals surface area contributed by atoms with Crippen LogP contribution in [0.25, 0.3) is 0 Å². The summed E-state index contributed by atoms with van der Waals surface area (Å²) in [5, 5.41) is -0.693. The molecule has 2 rings (SSSR count). The Labute approximate surface area is 116 Å². The summed E-state index contributed by atoms with van der Waals surface area (Å²) >= 11 is 5.80. The molecule has 1 aromatic carbocycles. The van der Waals surface area contributed by atoms with Crippen LogP contribution in [0.4, 0.5) is 3.89 Å². The van der Waals surface area contributed by atoms with Crippen LogP contribution in [-0.4, -0.2) is 37.6 Å². The molecule has 0 N–H and O–H groups in total. The van der Waals surface area contributed by atoms with E-state index in [1.54, 1.807) is 18.2 Å². The number of benzene rings is 1. The minimum Gasteiger partial charge on any atom is -0.337 e. The van der Waals surface area contributed by atoms with Crippen molar-refractivity contribution in [3.63, 3.8) is 0 Å². The van der Waals surface area contributed by atoms with E-state index in [9.17, 15) is 17.1 Å². The van der Waals surface area contributed by atoms with Crippen LogP contribution >= 0.6 is 11.6 Å². The number of halogens is 2. The molecule has 0 aliphatic carbocycles. The maximum absolute atomic E-state index is 13.0. The molecule has 1 amide bonds. The topological polar surface area (TPSA) is 54.5 Å². The first-order valence-electron chi connectivity index (χ1n) is 5.86. The van der Waals surface area contributed by atoms with Crippen molar-refractivity contribution in [1.82, 2.24) is 4.90 Å². The highest BCUT2D eigenvalue weighted by molar-refractivity contribution is 7.87. The molecular formula is C12H13ClFNO3S. The quantitative estimate of drug-likeness (QED) is 0.787. The lowest BCUT2D eigenvalue weighted by Gasteiger charge is -2.30. The molecule has 1 fully saturated rings. The molecule has 1 aliphatic heterocycles. The van der Waals surface area contributed by atoms with Gasteiger partial charge in [0.25, 0.3) is 5.91 Å². The number of hydrogen-bond acceptors (Lipinski definition) is 3. The monoisotopic (exact) mass is 305 g/mol. The van der Waals surface area contributed by atoms with E-state index < -0.39 is 15.5 Å². The second-order valence-electron chi connectivity index (χ2n) is 4.50. The average Bonchev–Trinajstić information content (AvgIpc) is 2.37. The highest BCUT2D eigenvalue weighted by Gasteiger charge is 2.32. The molecular weight excluding hydrogens is 293 g/mol. The molecule has 0 saturated carbocycles. The van der Waals surface area contributed by atoms with E-state index in [2.05, 4.69) is 0 Å². The zero-order valence-corrected chi connectivity index (χ0v) is 11.6. The van der Waals surface area contributed by atoms with Gasteiger partial charge in [-0.3, -0.25) is 4.79 Å². The Hall–Kier alpha value is -1.14. The fourth-order valence-electron chi connectivity index (χ4n) is 2.16. The van der Waals surface area contributed by atoms with Crippen LogP contribution in [0.2, 0.25) is 5.02 Å². The van der Waals surface area contributed by atoms with Crippen LogP contribution in [0.15, 0.2) is 24.3 Å². The molecule has 104 valence electrons. The van der Waals surface area contributed by atoms with Crippen LogP contribution in [0.3, 0.4) is 0 Å². The molecule has 1 heterocycles. The fraction of sp³-hybridized carbons (Fsp3) is 0.417. The van der Waals surface area contributed by atoms with Crippen molar-refractivity contribution < 1.29 is 17.1 Å². The van der Waals surface area contributed by atoms with Crippen molar-refractivity contribution in [3.8, 4) is 0 Å². The molecule has 1 saturated heterocycles. The van der Waals surface area contributed by atoms with Gasteiger partial charge < -0.3 is 4.90 Å². The molecule has 19 heavy (non-hydrogen) atoms. The first-order valence-corrected chi connectivity index (χ1v) is 7.69. The number of carbonyl (C=O) groups is 1. The molecule has 0 bridgehead atoms. The molecule has 1 unspecified atom stereocenters. The van der Waals surface area contributed by atoms with Gasteiger partial charge in [-0.25, -0.2) is 0 Å². The maximum Gasteiger partial charge on any atom is 0.307 e. The number of nitrogens with zero attached hydrogens (tertiary/aromatic N) is 1. The minimum absolute atomic E-state index is 0.107. The SMILES string of the molecule is O=C(c1cccc(Cl)c1)N1CCCC(S(=O)(=O)F)C1. The van der Waals surface area contributed by atoms with Crippen LogP contribution in [0, 0.1) is 0 Å². The summed E-state index contributed by atoms with van der Waals surface area (Å²) in [6, 6.07) is 6.39. The third-order valence-electron chi connectivity index (χ3n) is 3.14. The third-order valence-corrected chi connectivity index (χ3v) is 4.55. The standard InChI is InChI=1S/C12H13ClFNO3S/c13-10-4-1-3-9(7-10)12(16)15-6-2-5-11(8-15)19(14,17)18/h1,3-4,7,11H,2,5-6,8H2. The lowest BCUT2D eigenvalue weighted by atomic mass is 10.1. The predicted molar refractivity (Wildman–Crippen MR) is 70.4 cm³/mol. The maximum atomic E-state index is 13.0. The van der Waals surface area contributed by atoms with Gasteiger partial charge in [-0.05, 0) is 31.0 Å². The second-order valence-corrected chi connectivity index (χ2v) is 6.56. The number of likely N-dealkylation sites (tertiary alicyclic amines) is 1. The first-order chi connectivity index (χ1) is 8.88. The van der Waals surface area contributed by atoms with Crippen molar-refractivity contribution >= 4 is 27.7 Å². The molecule has 4 nitrogen and oxygen atoms in total. The Kier molecular flexibility index (Phi) is 4.10. The van der Waals surface area contributed by atoms with Gasteiger partial charge in [0.15, 0.2) is 0 Å². The Morgan fingerprint density at radius 1 is 1.42 bits per heavy atom. The summed E-state index contributed by atoms with van der Waals surface area (Å²) < 4.78 is 34.8. The second kappa shape index (κ2) is 5.46. The number of hydrogen-bond donors (Lipinski definition) is 0. The minimum atomic E-state index is -4.60. The van der Waals surface area contributed by atoms with E-state index >= 15 is 0 Å². The summed E-state index contributed by atoms with van der Waals surface area (Å²) in [5.41, 5.74) is 0.379. The highest BCUT2D eigenvalue weighted by atomic mass is 35.5. The van der Waals surface area contributed by atoms with Crippen molar-refractivity contribution in [3.05, 3.63) is 34.9 Å². The fourth-order valence-corrected chi connectivity index (χ4v) is 3.15. The molecule has 1 aliphatic rings. The van der Waals surface area contributed by atoms with E-state index in [0.29, 0.717) is 23.6 Å². The third kappa shape index (κ3) is 3.45. The lowest BCUT2D eigenvalue weighted by molar-refractivity contribution is 0.0726. The summed E-state index contributed by atoms with van der Waals surface area (Å²) in [4.78, 5) is 13.5. The predicted octanol–water partition coefficient (Wildman–Crippen LogP) is 2.24.